The van der Waals surface area contributed by atoms with Crippen molar-refractivity contribution in [3.05, 3.63) is 22.2 Å². The first-order valence-electron chi connectivity index (χ1n) is 6.11. The molecule has 0 bridgehead atoms. The molecule has 1 aromatic carbocycles. The van der Waals surface area contributed by atoms with Gasteiger partial charge >= 0.3 is 0 Å². The highest BCUT2D eigenvalue weighted by molar-refractivity contribution is 9.10. The fraction of sp³-hybridized carbons (Fsp3) is 0.538. The van der Waals surface area contributed by atoms with Crippen molar-refractivity contribution in [3.8, 4) is 11.5 Å². The Kier molecular flexibility index (Phi) is 5.28. The maximum absolute atomic E-state index is 5.57. The molecule has 0 saturated heterocycles. The summed E-state index contributed by atoms with van der Waals surface area (Å²) in [6, 6.07) is 4.00. The average molecular weight is 316 g/mol. The zero-order chi connectivity index (χ0) is 12.8. The van der Waals surface area contributed by atoms with Crippen molar-refractivity contribution >= 4 is 15.9 Å². The van der Waals surface area contributed by atoms with E-state index in [1.165, 1.54) is 5.56 Å². The van der Waals surface area contributed by atoms with Crippen molar-refractivity contribution in [2.45, 2.75) is 6.42 Å². The summed E-state index contributed by atoms with van der Waals surface area (Å²) < 4.78 is 17.7. The van der Waals surface area contributed by atoms with E-state index < -0.39 is 0 Å². The largest absolute Gasteiger partial charge is 0.486 e. The lowest BCUT2D eigenvalue weighted by atomic mass is 10.1. The van der Waals surface area contributed by atoms with Gasteiger partial charge in [0.05, 0.1) is 13.2 Å². The van der Waals surface area contributed by atoms with Crippen molar-refractivity contribution in [1.29, 1.82) is 0 Å². The predicted octanol–water partition coefficient (Wildman–Crippen LogP) is 2.00. The standard InChI is InChI=1S/C13H18BrNO3/c1-15-3-5-16-4-2-10-8-12-13(9-11(10)14)18-7-6-17-12/h8-9,15H,2-7H2,1H3. The van der Waals surface area contributed by atoms with Gasteiger partial charge in [-0.3, -0.25) is 0 Å². The smallest absolute Gasteiger partial charge is 0.162 e. The van der Waals surface area contributed by atoms with E-state index in [0.29, 0.717) is 19.8 Å². The molecule has 100 valence electrons. The first-order chi connectivity index (χ1) is 8.81. The predicted molar refractivity (Wildman–Crippen MR) is 73.6 cm³/mol. The van der Waals surface area contributed by atoms with Crippen LogP contribution in [0.25, 0.3) is 0 Å². The molecule has 0 aromatic heterocycles. The lowest BCUT2D eigenvalue weighted by molar-refractivity contribution is 0.140. The van der Waals surface area contributed by atoms with Gasteiger partial charge in [0.25, 0.3) is 0 Å². The van der Waals surface area contributed by atoms with Crippen LogP contribution in [0.2, 0.25) is 0 Å². The Balaban J connectivity index is 1.91. The molecule has 1 aliphatic rings. The topological polar surface area (TPSA) is 39.7 Å². The minimum Gasteiger partial charge on any atom is -0.486 e. The normalized spacial score (nSPS) is 13.7. The minimum absolute atomic E-state index is 0.617. The second-order valence-corrected chi connectivity index (χ2v) is 4.91. The third-order valence-electron chi connectivity index (χ3n) is 2.72. The van der Waals surface area contributed by atoms with Crippen LogP contribution >= 0.6 is 15.9 Å². The van der Waals surface area contributed by atoms with E-state index in [9.17, 15) is 0 Å². The highest BCUT2D eigenvalue weighted by atomic mass is 79.9. The highest BCUT2D eigenvalue weighted by Gasteiger charge is 2.14. The van der Waals surface area contributed by atoms with Gasteiger partial charge in [-0.05, 0) is 31.2 Å². The van der Waals surface area contributed by atoms with Crippen LogP contribution in [-0.2, 0) is 11.2 Å². The number of rotatable bonds is 6. The van der Waals surface area contributed by atoms with E-state index in [-0.39, 0.29) is 0 Å². The summed E-state index contributed by atoms with van der Waals surface area (Å²) in [7, 11) is 1.92. The zero-order valence-corrected chi connectivity index (χ0v) is 12.1. The van der Waals surface area contributed by atoms with Crippen LogP contribution in [0.3, 0.4) is 0 Å². The Bertz CT molecular complexity index is 398. The molecule has 1 aromatic rings. The fourth-order valence-corrected chi connectivity index (χ4v) is 2.28. The molecular weight excluding hydrogens is 298 g/mol. The Morgan fingerprint density at radius 3 is 2.67 bits per heavy atom. The molecule has 0 atom stereocenters. The third-order valence-corrected chi connectivity index (χ3v) is 3.46. The molecule has 18 heavy (non-hydrogen) atoms. The summed E-state index contributed by atoms with van der Waals surface area (Å²) in [6.45, 7) is 3.56. The zero-order valence-electron chi connectivity index (χ0n) is 10.5. The van der Waals surface area contributed by atoms with Crippen LogP contribution < -0.4 is 14.8 Å². The summed E-state index contributed by atoms with van der Waals surface area (Å²) in [6.07, 6.45) is 0.862. The minimum atomic E-state index is 0.617. The number of hydrogen-bond acceptors (Lipinski definition) is 4. The number of halogens is 1. The number of hydrogen-bond donors (Lipinski definition) is 1. The quantitative estimate of drug-likeness (QED) is 0.815. The molecule has 0 fully saturated rings. The van der Waals surface area contributed by atoms with Gasteiger partial charge in [-0.15, -0.1) is 0 Å². The average Bonchev–Trinajstić information content (AvgIpc) is 2.39. The monoisotopic (exact) mass is 315 g/mol. The summed E-state index contributed by atoms with van der Waals surface area (Å²) in [4.78, 5) is 0. The number of likely N-dealkylation sites (N-methyl/N-ethyl adjacent to an activating group) is 1. The van der Waals surface area contributed by atoms with E-state index in [4.69, 9.17) is 14.2 Å². The molecule has 0 spiro atoms. The van der Waals surface area contributed by atoms with Gasteiger partial charge in [0.15, 0.2) is 11.5 Å². The van der Waals surface area contributed by atoms with Crippen LogP contribution in [0, 0.1) is 0 Å². The van der Waals surface area contributed by atoms with Crippen molar-refractivity contribution in [1.82, 2.24) is 5.32 Å². The molecule has 0 amide bonds. The second-order valence-electron chi connectivity index (χ2n) is 4.05. The Labute approximate surface area is 116 Å². The summed E-state index contributed by atoms with van der Waals surface area (Å²) in [5, 5.41) is 3.05. The molecule has 1 N–H and O–H groups in total. The Hall–Kier alpha value is -0.780. The molecule has 5 heteroatoms. The molecule has 0 radical (unpaired) electrons. The Morgan fingerprint density at radius 2 is 1.94 bits per heavy atom. The Morgan fingerprint density at radius 1 is 1.22 bits per heavy atom. The molecule has 1 heterocycles. The van der Waals surface area contributed by atoms with E-state index in [1.54, 1.807) is 0 Å². The van der Waals surface area contributed by atoms with Gasteiger partial charge in [0.2, 0.25) is 0 Å². The summed E-state index contributed by atoms with van der Waals surface area (Å²) in [5.41, 5.74) is 1.18. The van der Waals surface area contributed by atoms with Crippen LogP contribution in [0.15, 0.2) is 16.6 Å². The van der Waals surface area contributed by atoms with Crippen LogP contribution in [0.4, 0.5) is 0 Å². The molecular formula is C13H18BrNO3. The molecule has 1 aliphatic heterocycles. The fourth-order valence-electron chi connectivity index (χ4n) is 1.76. The van der Waals surface area contributed by atoms with Crippen LogP contribution in [0.1, 0.15) is 5.56 Å². The van der Waals surface area contributed by atoms with Gasteiger partial charge in [0.1, 0.15) is 13.2 Å². The van der Waals surface area contributed by atoms with Crippen molar-refractivity contribution < 1.29 is 14.2 Å². The van der Waals surface area contributed by atoms with Crippen molar-refractivity contribution in [2.75, 3.05) is 40.0 Å². The third kappa shape index (κ3) is 3.60. The lowest BCUT2D eigenvalue weighted by Gasteiger charge is -2.20. The second kappa shape index (κ2) is 6.97. The van der Waals surface area contributed by atoms with Crippen molar-refractivity contribution in [3.63, 3.8) is 0 Å². The summed E-state index contributed by atoms with van der Waals surface area (Å²) in [5.74, 6) is 1.64. The van der Waals surface area contributed by atoms with Gasteiger partial charge in [-0.1, -0.05) is 15.9 Å². The number of nitrogens with one attached hydrogen (secondary N) is 1. The SMILES string of the molecule is CNCCOCCc1cc2c(cc1Br)OCCO2. The maximum Gasteiger partial charge on any atom is 0.162 e. The van der Waals surface area contributed by atoms with E-state index in [2.05, 4.69) is 21.2 Å². The number of benzene rings is 1. The van der Waals surface area contributed by atoms with E-state index >= 15 is 0 Å². The van der Waals surface area contributed by atoms with E-state index in [1.807, 2.05) is 19.2 Å². The summed E-state index contributed by atoms with van der Waals surface area (Å²) >= 11 is 3.55. The molecule has 0 saturated carbocycles. The van der Waals surface area contributed by atoms with Gasteiger partial charge in [-0.25, -0.2) is 0 Å². The van der Waals surface area contributed by atoms with Gasteiger partial charge in [0, 0.05) is 11.0 Å². The van der Waals surface area contributed by atoms with Crippen LogP contribution in [0.5, 0.6) is 11.5 Å². The highest BCUT2D eigenvalue weighted by Crippen LogP contribution is 2.35. The van der Waals surface area contributed by atoms with Crippen LogP contribution in [-0.4, -0.2) is 40.0 Å². The number of ether oxygens (including phenoxy) is 3. The molecule has 2 rings (SSSR count). The van der Waals surface area contributed by atoms with Gasteiger partial charge in [-0.2, -0.15) is 0 Å². The molecule has 0 unspecified atom stereocenters. The van der Waals surface area contributed by atoms with Crippen molar-refractivity contribution in [2.24, 2.45) is 0 Å². The van der Waals surface area contributed by atoms with Gasteiger partial charge < -0.3 is 19.5 Å². The maximum atomic E-state index is 5.57. The number of fused-ring (bicyclic) bond motifs is 1. The first kappa shape index (κ1) is 13.6. The molecule has 0 aliphatic carbocycles. The molecule has 4 nitrogen and oxygen atoms in total. The lowest BCUT2D eigenvalue weighted by Crippen LogP contribution is -2.16. The van der Waals surface area contributed by atoms with E-state index in [0.717, 1.165) is 35.5 Å². The first-order valence-corrected chi connectivity index (χ1v) is 6.91.